The monoisotopic (exact) mass is 386 g/mol. The molecule has 1 amide bonds. The van der Waals surface area contributed by atoms with Crippen LogP contribution in [0.2, 0.25) is 0 Å². The number of carbonyl (C=O) groups is 1. The maximum Gasteiger partial charge on any atom is 0.227 e. The van der Waals surface area contributed by atoms with E-state index in [0.717, 1.165) is 18.9 Å². The van der Waals surface area contributed by atoms with E-state index in [1.165, 1.54) is 6.07 Å². The van der Waals surface area contributed by atoms with Crippen LogP contribution >= 0.6 is 0 Å². The molecule has 1 aromatic heterocycles. The molecule has 1 fully saturated rings. The molecule has 1 aromatic carbocycles. The Labute approximate surface area is 167 Å². The summed E-state index contributed by atoms with van der Waals surface area (Å²) < 4.78 is 16.1. The van der Waals surface area contributed by atoms with E-state index in [9.17, 15) is 9.18 Å². The molecule has 0 aliphatic carbocycles. The quantitative estimate of drug-likeness (QED) is 0.765. The van der Waals surface area contributed by atoms with Gasteiger partial charge in [0.25, 0.3) is 0 Å². The number of rotatable bonds is 6. The molecule has 28 heavy (non-hydrogen) atoms. The first kappa shape index (κ1) is 20.5. The minimum atomic E-state index is -0.161. The molecule has 1 unspecified atom stereocenters. The number of aromatic nitrogens is 2. The third-order valence-electron chi connectivity index (χ3n) is 5.72. The smallest absolute Gasteiger partial charge is 0.227 e. The maximum absolute atomic E-state index is 14.0. The molecule has 5 nitrogen and oxygen atoms in total. The van der Waals surface area contributed by atoms with Gasteiger partial charge in [0.15, 0.2) is 0 Å². The van der Waals surface area contributed by atoms with Crippen LogP contribution in [0.5, 0.6) is 0 Å². The Hall–Kier alpha value is -2.21. The third-order valence-corrected chi connectivity index (χ3v) is 5.72. The van der Waals surface area contributed by atoms with Crippen LogP contribution in [-0.2, 0) is 17.9 Å². The van der Waals surface area contributed by atoms with Crippen molar-refractivity contribution in [1.82, 2.24) is 19.4 Å². The number of benzene rings is 1. The maximum atomic E-state index is 14.0. The fourth-order valence-electron chi connectivity index (χ4n) is 3.98. The van der Waals surface area contributed by atoms with Crippen LogP contribution in [0.15, 0.2) is 36.7 Å². The Balaban J connectivity index is 1.66. The summed E-state index contributed by atoms with van der Waals surface area (Å²) >= 11 is 0. The van der Waals surface area contributed by atoms with Gasteiger partial charge in [0, 0.05) is 56.7 Å². The van der Waals surface area contributed by atoms with Crippen LogP contribution in [0.3, 0.4) is 0 Å². The van der Waals surface area contributed by atoms with E-state index in [1.807, 2.05) is 41.6 Å². The van der Waals surface area contributed by atoms with Crippen LogP contribution in [0.25, 0.3) is 0 Å². The lowest BCUT2D eigenvalue weighted by atomic mass is 9.97. The highest BCUT2D eigenvalue weighted by Gasteiger charge is 2.34. The average Bonchev–Trinajstić information content (AvgIpc) is 3.07. The first-order valence-corrected chi connectivity index (χ1v) is 10.1. The largest absolute Gasteiger partial charge is 0.337 e. The predicted octanol–water partition coefficient (Wildman–Crippen LogP) is 3.34. The first-order chi connectivity index (χ1) is 13.4. The number of hydrogen-bond acceptors (Lipinski definition) is 3. The highest BCUT2D eigenvalue weighted by molar-refractivity contribution is 5.79. The molecule has 152 valence electrons. The van der Waals surface area contributed by atoms with E-state index in [-0.39, 0.29) is 23.7 Å². The standard InChI is InChI=1S/C22H31FN4O/c1-16(2)21-15-25(14-19-7-5-6-8-20(19)23)11-12-27(21)22(28)17(3)13-26-10-9-24-18(26)4/h5-10,16-17,21H,11-15H2,1-4H3/t17?,21-/m1/s1. The lowest BCUT2D eigenvalue weighted by Crippen LogP contribution is -2.58. The van der Waals surface area contributed by atoms with Gasteiger partial charge in [-0.2, -0.15) is 0 Å². The summed E-state index contributed by atoms with van der Waals surface area (Å²) in [5.41, 5.74) is 0.716. The van der Waals surface area contributed by atoms with Crippen molar-refractivity contribution in [2.24, 2.45) is 11.8 Å². The van der Waals surface area contributed by atoms with Crippen molar-refractivity contribution < 1.29 is 9.18 Å². The Morgan fingerprint density at radius 2 is 2.00 bits per heavy atom. The van der Waals surface area contributed by atoms with Gasteiger partial charge < -0.3 is 9.47 Å². The van der Waals surface area contributed by atoms with E-state index in [0.29, 0.717) is 31.1 Å². The van der Waals surface area contributed by atoms with Crippen molar-refractivity contribution >= 4 is 5.91 Å². The van der Waals surface area contributed by atoms with Gasteiger partial charge in [-0.05, 0) is 18.9 Å². The molecule has 3 rings (SSSR count). The lowest BCUT2D eigenvalue weighted by molar-refractivity contribution is -0.142. The van der Waals surface area contributed by atoms with Crippen LogP contribution in [0, 0.1) is 24.6 Å². The normalized spacial score (nSPS) is 19.2. The van der Waals surface area contributed by atoms with Crippen molar-refractivity contribution in [3.63, 3.8) is 0 Å². The minimum Gasteiger partial charge on any atom is -0.337 e. The van der Waals surface area contributed by atoms with Gasteiger partial charge in [0.05, 0.1) is 5.92 Å². The summed E-state index contributed by atoms with van der Waals surface area (Å²) in [5.74, 6) is 1.19. The molecule has 0 N–H and O–H groups in total. The third kappa shape index (κ3) is 4.61. The van der Waals surface area contributed by atoms with Gasteiger partial charge in [0.2, 0.25) is 5.91 Å². The van der Waals surface area contributed by atoms with Crippen molar-refractivity contribution in [3.8, 4) is 0 Å². The predicted molar refractivity (Wildman–Crippen MR) is 108 cm³/mol. The Bertz CT molecular complexity index is 803. The number of amides is 1. The van der Waals surface area contributed by atoms with Gasteiger partial charge in [-0.15, -0.1) is 0 Å². The summed E-state index contributed by atoms with van der Waals surface area (Å²) in [5, 5.41) is 0. The molecule has 6 heteroatoms. The molecular formula is C22H31FN4O. The highest BCUT2D eigenvalue weighted by Crippen LogP contribution is 2.22. The zero-order valence-electron chi connectivity index (χ0n) is 17.3. The van der Waals surface area contributed by atoms with Crippen LogP contribution in [0.1, 0.15) is 32.2 Å². The summed E-state index contributed by atoms with van der Waals surface area (Å²) in [4.78, 5) is 21.7. The van der Waals surface area contributed by atoms with E-state index >= 15 is 0 Å². The molecule has 1 aliphatic rings. The number of carbonyl (C=O) groups excluding carboxylic acids is 1. The fourth-order valence-corrected chi connectivity index (χ4v) is 3.98. The molecule has 0 bridgehead atoms. The summed E-state index contributed by atoms with van der Waals surface area (Å²) in [6.45, 7) is 11.7. The fraction of sp³-hybridized carbons (Fsp3) is 0.545. The van der Waals surface area contributed by atoms with Gasteiger partial charge in [-0.1, -0.05) is 39.0 Å². The summed E-state index contributed by atoms with van der Waals surface area (Å²) in [7, 11) is 0. The summed E-state index contributed by atoms with van der Waals surface area (Å²) in [6.07, 6.45) is 3.69. The number of hydrogen-bond donors (Lipinski definition) is 0. The van der Waals surface area contributed by atoms with Crippen LogP contribution < -0.4 is 0 Å². The minimum absolute atomic E-state index is 0.104. The second-order valence-electron chi connectivity index (χ2n) is 8.20. The Kier molecular flexibility index (Phi) is 6.50. The van der Waals surface area contributed by atoms with E-state index in [4.69, 9.17) is 0 Å². The van der Waals surface area contributed by atoms with E-state index in [1.54, 1.807) is 12.3 Å². The number of nitrogens with zero attached hydrogens (tertiary/aromatic N) is 4. The molecule has 0 saturated carbocycles. The zero-order valence-corrected chi connectivity index (χ0v) is 17.3. The molecular weight excluding hydrogens is 355 g/mol. The van der Waals surface area contributed by atoms with E-state index < -0.39 is 0 Å². The molecule has 2 heterocycles. The molecule has 0 spiro atoms. The number of piperazine rings is 1. The molecule has 0 radical (unpaired) electrons. The zero-order chi connectivity index (χ0) is 20.3. The van der Waals surface area contributed by atoms with Crippen LogP contribution in [-0.4, -0.2) is 50.9 Å². The molecule has 1 aliphatic heterocycles. The first-order valence-electron chi connectivity index (χ1n) is 10.1. The molecule has 2 atom stereocenters. The van der Waals surface area contributed by atoms with E-state index in [2.05, 4.69) is 23.7 Å². The van der Waals surface area contributed by atoms with Gasteiger partial charge >= 0.3 is 0 Å². The summed E-state index contributed by atoms with van der Waals surface area (Å²) in [6, 6.07) is 7.08. The topological polar surface area (TPSA) is 41.4 Å². The van der Waals surface area contributed by atoms with Crippen LogP contribution in [0.4, 0.5) is 4.39 Å². The SMILES string of the molecule is Cc1nccn1CC(C)C(=O)N1CCN(Cc2ccccc2F)C[C@@H]1C(C)C. The number of aryl methyl sites for hydroxylation is 1. The van der Waals surface area contributed by atoms with Gasteiger partial charge in [-0.3, -0.25) is 9.69 Å². The Morgan fingerprint density at radius 1 is 1.25 bits per heavy atom. The van der Waals surface area contributed by atoms with Crippen molar-refractivity contribution in [2.75, 3.05) is 19.6 Å². The van der Waals surface area contributed by atoms with Gasteiger partial charge in [0.1, 0.15) is 11.6 Å². The molecule has 1 saturated heterocycles. The average molecular weight is 387 g/mol. The number of imidazole rings is 1. The lowest BCUT2D eigenvalue weighted by Gasteiger charge is -2.44. The second kappa shape index (κ2) is 8.86. The number of halogens is 1. The van der Waals surface area contributed by atoms with Crippen molar-refractivity contribution in [1.29, 1.82) is 0 Å². The van der Waals surface area contributed by atoms with Crippen molar-refractivity contribution in [3.05, 3.63) is 53.9 Å². The second-order valence-corrected chi connectivity index (χ2v) is 8.20. The van der Waals surface area contributed by atoms with Gasteiger partial charge in [-0.25, -0.2) is 9.37 Å². The highest BCUT2D eigenvalue weighted by atomic mass is 19.1. The van der Waals surface area contributed by atoms with Crippen molar-refractivity contribution in [2.45, 2.75) is 46.8 Å². The molecule has 2 aromatic rings. The Morgan fingerprint density at radius 3 is 2.64 bits per heavy atom.